The second-order valence-corrected chi connectivity index (χ2v) is 8.83. The lowest BCUT2D eigenvalue weighted by Gasteiger charge is -2.26. The zero-order valence-corrected chi connectivity index (χ0v) is 16.5. The number of amides is 1. The Morgan fingerprint density at radius 3 is 2.76 bits per heavy atom. The molecule has 0 saturated carbocycles. The van der Waals surface area contributed by atoms with Gasteiger partial charge >= 0.3 is 0 Å². The smallest absolute Gasteiger partial charge is 0.267 e. The maximum Gasteiger partial charge on any atom is 0.267 e. The molecule has 3 aromatic rings. The van der Waals surface area contributed by atoms with E-state index in [2.05, 4.69) is 20.8 Å². The van der Waals surface area contributed by atoms with Crippen LogP contribution in [0.1, 0.15) is 9.67 Å². The van der Waals surface area contributed by atoms with E-state index in [-0.39, 0.29) is 32.0 Å². The fourth-order valence-electron chi connectivity index (χ4n) is 2.82. The van der Waals surface area contributed by atoms with Crippen LogP contribution in [-0.2, 0) is 14.8 Å². The number of rotatable bonds is 5. The first-order valence-corrected chi connectivity index (χ1v) is 10.8. The largest absolute Gasteiger partial charge is 0.379 e. The van der Waals surface area contributed by atoms with Gasteiger partial charge in [-0.25, -0.2) is 12.8 Å². The van der Waals surface area contributed by atoms with Gasteiger partial charge in [-0.1, -0.05) is 0 Å². The van der Waals surface area contributed by atoms with E-state index in [1.54, 1.807) is 11.4 Å². The second kappa shape index (κ2) is 7.94. The summed E-state index contributed by atoms with van der Waals surface area (Å²) < 4.78 is 47.5. The SMILES string of the molecule is O=C(Nc1ccc(F)c(S(=O)(=O)N2CCOCC2)c1)c1sccc1-n1cnnn1. The molecule has 0 aliphatic carbocycles. The van der Waals surface area contributed by atoms with Crippen LogP contribution in [-0.4, -0.2) is 65.1 Å². The fourth-order valence-corrected chi connectivity index (χ4v) is 5.09. The highest BCUT2D eigenvalue weighted by molar-refractivity contribution is 7.89. The molecule has 0 unspecified atom stereocenters. The third kappa shape index (κ3) is 3.89. The molecule has 10 nitrogen and oxygen atoms in total. The van der Waals surface area contributed by atoms with E-state index in [9.17, 15) is 17.6 Å². The number of morpholine rings is 1. The summed E-state index contributed by atoms with van der Waals surface area (Å²) in [7, 11) is -4.05. The Balaban J connectivity index is 1.60. The molecule has 1 aliphatic heterocycles. The molecule has 152 valence electrons. The summed E-state index contributed by atoms with van der Waals surface area (Å²) in [5, 5.41) is 15.1. The van der Waals surface area contributed by atoms with Crippen molar-refractivity contribution in [1.82, 2.24) is 24.5 Å². The van der Waals surface area contributed by atoms with Crippen molar-refractivity contribution in [1.29, 1.82) is 0 Å². The monoisotopic (exact) mass is 438 g/mol. The molecule has 1 amide bonds. The normalized spacial score (nSPS) is 15.3. The van der Waals surface area contributed by atoms with Crippen LogP contribution in [0.3, 0.4) is 0 Å². The van der Waals surface area contributed by atoms with Crippen molar-refractivity contribution in [2.45, 2.75) is 4.90 Å². The number of anilines is 1. The lowest BCUT2D eigenvalue weighted by atomic mass is 10.3. The first kappa shape index (κ1) is 19.6. The lowest BCUT2D eigenvalue weighted by molar-refractivity contribution is 0.0729. The van der Waals surface area contributed by atoms with Gasteiger partial charge in [0.15, 0.2) is 0 Å². The molecule has 1 aliphatic rings. The van der Waals surface area contributed by atoms with Crippen LogP contribution < -0.4 is 5.32 Å². The van der Waals surface area contributed by atoms with Gasteiger partial charge in [0.1, 0.15) is 21.9 Å². The summed E-state index contributed by atoms with van der Waals surface area (Å²) in [6, 6.07) is 5.10. The number of hydrogen-bond donors (Lipinski definition) is 1. The van der Waals surface area contributed by atoms with Gasteiger partial charge in [-0.15, -0.1) is 16.4 Å². The molecule has 0 radical (unpaired) electrons. The van der Waals surface area contributed by atoms with Gasteiger partial charge in [-0.2, -0.15) is 8.99 Å². The van der Waals surface area contributed by atoms with Crippen molar-refractivity contribution in [3.05, 3.63) is 46.7 Å². The molecule has 4 rings (SSSR count). The Bertz CT molecular complexity index is 1130. The summed E-state index contributed by atoms with van der Waals surface area (Å²) in [5.74, 6) is -1.38. The quantitative estimate of drug-likeness (QED) is 0.634. The zero-order valence-electron chi connectivity index (χ0n) is 14.9. The van der Waals surface area contributed by atoms with E-state index in [0.29, 0.717) is 10.6 Å². The number of sulfonamides is 1. The van der Waals surface area contributed by atoms with Crippen LogP contribution in [0.4, 0.5) is 10.1 Å². The lowest BCUT2D eigenvalue weighted by Crippen LogP contribution is -2.40. The predicted molar refractivity (Wildman–Crippen MR) is 101 cm³/mol. The molecular weight excluding hydrogens is 423 g/mol. The molecule has 1 aromatic carbocycles. The minimum atomic E-state index is -4.05. The molecule has 29 heavy (non-hydrogen) atoms. The Hall–Kier alpha value is -2.74. The van der Waals surface area contributed by atoms with Crippen molar-refractivity contribution in [3.8, 4) is 5.69 Å². The Morgan fingerprint density at radius 1 is 1.24 bits per heavy atom. The van der Waals surface area contributed by atoms with E-state index in [4.69, 9.17) is 4.74 Å². The predicted octanol–water partition coefficient (Wildman–Crippen LogP) is 1.14. The number of hydrogen-bond acceptors (Lipinski definition) is 8. The average molecular weight is 438 g/mol. The van der Waals surface area contributed by atoms with E-state index >= 15 is 0 Å². The van der Waals surface area contributed by atoms with Crippen LogP contribution >= 0.6 is 11.3 Å². The second-order valence-electron chi connectivity index (χ2n) is 6.01. The number of benzene rings is 1. The van der Waals surface area contributed by atoms with E-state index in [1.807, 2.05) is 0 Å². The van der Waals surface area contributed by atoms with Gasteiger partial charge in [0.2, 0.25) is 10.0 Å². The number of halogens is 1. The molecule has 0 bridgehead atoms. The molecule has 0 spiro atoms. The van der Waals surface area contributed by atoms with Gasteiger partial charge < -0.3 is 10.1 Å². The standard InChI is InChI=1S/C16H15FN6O4S2/c17-12-2-1-11(9-14(12)29(25,26)22-4-6-27-7-5-22)19-16(24)15-13(3-8-28-15)23-10-18-20-21-23/h1-3,8-10H,4-7H2,(H,19,24). The van der Waals surface area contributed by atoms with Crippen molar-refractivity contribution >= 4 is 33.0 Å². The Kier molecular flexibility index (Phi) is 5.36. The topological polar surface area (TPSA) is 119 Å². The molecule has 1 fully saturated rings. The van der Waals surface area contributed by atoms with Crippen LogP contribution in [0.5, 0.6) is 0 Å². The number of aromatic nitrogens is 4. The van der Waals surface area contributed by atoms with Gasteiger partial charge in [-0.3, -0.25) is 4.79 Å². The molecule has 13 heteroatoms. The van der Waals surface area contributed by atoms with Crippen LogP contribution in [0.25, 0.3) is 5.69 Å². The summed E-state index contributed by atoms with van der Waals surface area (Å²) in [6.45, 7) is 0.775. The minimum Gasteiger partial charge on any atom is -0.379 e. The number of carbonyl (C=O) groups is 1. The van der Waals surface area contributed by atoms with Crippen LogP contribution in [0.2, 0.25) is 0 Å². The molecule has 3 heterocycles. The number of thiophene rings is 1. The van der Waals surface area contributed by atoms with Gasteiger partial charge in [0, 0.05) is 18.8 Å². The number of nitrogens with one attached hydrogen (secondary N) is 1. The van der Waals surface area contributed by atoms with Crippen molar-refractivity contribution in [2.75, 3.05) is 31.6 Å². The van der Waals surface area contributed by atoms with E-state index < -0.39 is 26.6 Å². The highest BCUT2D eigenvalue weighted by Crippen LogP contribution is 2.26. The highest BCUT2D eigenvalue weighted by Gasteiger charge is 2.29. The zero-order chi connectivity index (χ0) is 20.4. The number of ether oxygens (including phenoxy) is 1. The maximum absolute atomic E-state index is 14.3. The third-order valence-electron chi connectivity index (χ3n) is 4.22. The van der Waals surface area contributed by atoms with Crippen molar-refractivity contribution in [3.63, 3.8) is 0 Å². The summed E-state index contributed by atoms with van der Waals surface area (Å²) in [6.07, 6.45) is 1.35. The van der Waals surface area contributed by atoms with Crippen molar-refractivity contribution in [2.24, 2.45) is 0 Å². The molecule has 2 aromatic heterocycles. The number of carbonyl (C=O) groups excluding carboxylic acids is 1. The number of tetrazole rings is 1. The summed E-state index contributed by atoms with van der Waals surface area (Å²) in [4.78, 5) is 12.5. The third-order valence-corrected chi connectivity index (χ3v) is 7.04. The fraction of sp³-hybridized carbons (Fsp3) is 0.250. The van der Waals surface area contributed by atoms with Gasteiger partial charge in [-0.05, 0) is 40.1 Å². The Labute approximate surface area is 168 Å². The summed E-state index contributed by atoms with van der Waals surface area (Å²) in [5.41, 5.74) is 0.625. The Morgan fingerprint density at radius 2 is 2.03 bits per heavy atom. The molecular formula is C16H15FN6O4S2. The van der Waals surface area contributed by atoms with Crippen LogP contribution in [0.15, 0.2) is 40.9 Å². The first-order valence-electron chi connectivity index (χ1n) is 8.46. The maximum atomic E-state index is 14.3. The molecule has 1 N–H and O–H groups in total. The van der Waals surface area contributed by atoms with E-state index in [1.165, 1.54) is 28.4 Å². The van der Waals surface area contributed by atoms with Gasteiger partial charge in [0.25, 0.3) is 5.91 Å². The highest BCUT2D eigenvalue weighted by atomic mass is 32.2. The van der Waals surface area contributed by atoms with Crippen molar-refractivity contribution < 1.29 is 22.3 Å². The summed E-state index contributed by atoms with van der Waals surface area (Å²) >= 11 is 1.17. The van der Waals surface area contributed by atoms with Crippen LogP contribution in [0, 0.1) is 5.82 Å². The number of nitrogens with zero attached hydrogens (tertiary/aromatic N) is 5. The average Bonchev–Trinajstić information content (AvgIpc) is 3.41. The van der Waals surface area contributed by atoms with Gasteiger partial charge in [0.05, 0.1) is 18.9 Å². The molecule has 1 saturated heterocycles. The minimum absolute atomic E-state index is 0.142. The van der Waals surface area contributed by atoms with E-state index in [0.717, 1.165) is 16.4 Å². The first-order chi connectivity index (χ1) is 14.0. The molecule has 0 atom stereocenters.